The number of carbonyl (C=O) groups excluding carboxylic acids is 1. The molecule has 0 saturated heterocycles. The van der Waals surface area contributed by atoms with E-state index in [-0.39, 0.29) is 5.75 Å². The monoisotopic (exact) mass is 319 g/mol. The summed E-state index contributed by atoms with van der Waals surface area (Å²) >= 11 is 1.36. The molecule has 0 radical (unpaired) electrons. The van der Waals surface area contributed by atoms with Crippen molar-refractivity contribution in [3.63, 3.8) is 0 Å². The van der Waals surface area contributed by atoms with Gasteiger partial charge in [-0.25, -0.2) is 0 Å². The van der Waals surface area contributed by atoms with Crippen molar-refractivity contribution in [2.24, 2.45) is 10.9 Å². The molecule has 0 heterocycles. The van der Waals surface area contributed by atoms with Gasteiger partial charge in [0.2, 0.25) is 0 Å². The molecule has 0 saturated carbocycles. The summed E-state index contributed by atoms with van der Waals surface area (Å²) in [6.07, 6.45) is 7.93. The molecule has 0 bridgehead atoms. The number of rotatable bonds is 6. The normalized spacial score (nSPS) is 13.9. The molecule has 2 N–H and O–H groups in total. The van der Waals surface area contributed by atoms with E-state index in [1.54, 1.807) is 0 Å². The van der Waals surface area contributed by atoms with Gasteiger partial charge in [-0.15, -0.1) is 16.7 Å². The highest BCUT2D eigenvalue weighted by molar-refractivity contribution is 8.00. The highest BCUT2D eigenvalue weighted by Crippen LogP contribution is 2.33. The topological polar surface area (TPSA) is 75.8 Å². The van der Waals surface area contributed by atoms with E-state index in [2.05, 4.69) is 24.2 Å². The molecule has 5 nitrogen and oxygen atoms in total. The molecule has 118 valence electrons. The molecule has 22 heavy (non-hydrogen) atoms. The lowest BCUT2D eigenvalue weighted by atomic mass is 9.87. The molecular formula is C16H21N3O2S. The second-order valence-electron chi connectivity index (χ2n) is 5.34. The Morgan fingerprint density at radius 2 is 2.09 bits per heavy atom. The summed E-state index contributed by atoms with van der Waals surface area (Å²) in [5.41, 5.74) is 10.9. The number of benzene rings is 1. The number of nitrogens with zero attached hydrogens (tertiary/aromatic N) is 2. The van der Waals surface area contributed by atoms with Gasteiger partial charge in [-0.3, -0.25) is 4.79 Å². The average Bonchev–Trinajstić information content (AvgIpc) is 2.54. The lowest BCUT2D eigenvalue weighted by Crippen LogP contribution is -2.20. The minimum Gasteiger partial charge on any atom is -0.403 e. The molecule has 1 aromatic carbocycles. The Morgan fingerprint density at radius 3 is 2.77 bits per heavy atom. The Kier molecular flexibility index (Phi) is 6.00. The number of amides is 1. The fourth-order valence-corrected chi connectivity index (χ4v) is 3.59. The number of aryl methyl sites for hydroxylation is 1. The van der Waals surface area contributed by atoms with E-state index in [0.29, 0.717) is 5.88 Å². The van der Waals surface area contributed by atoms with Gasteiger partial charge >= 0.3 is 0 Å². The lowest BCUT2D eigenvalue weighted by molar-refractivity contribution is -0.115. The van der Waals surface area contributed by atoms with Crippen molar-refractivity contribution in [1.82, 2.24) is 0 Å². The van der Waals surface area contributed by atoms with Crippen molar-refractivity contribution in [2.75, 3.05) is 16.5 Å². The van der Waals surface area contributed by atoms with Crippen molar-refractivity contribution >= 4 is 23.4 Å². The van der Waals surface area contributed by atoms with Gasteiger partial charge in [0.15, 0.2) is 0 Å². The van der Waals surface area contributed by atoms with Crippen molar-refractivity contribution in [3.05, 3.63) is 46.1 Å². The molecule has 1 aromatic rings. The first kappa shape index (κ1) is 16.5. The van der Waals surface area contributed by atoms with Crippen LogP contribution >= 0.6 is 11.8 Å². The molecular weight excluding hydrogens is 298 g/mol. The number of fused-ring (bicyclic) bond motifs is 1. The molecule has 0 spiro atoms. The van der Waals surface area contributed by atoms with Gasteiger partial charge in [0.25, 0.3) is 5.91 Å². The van der Waals surface area contributed by atoms with Crippen LogP contribution in [0.4, 0.5) is 5.69 Å². The van der Waals surface area contributed by atoms with Gasteiger partial charge in [0.05, 0.1) is 11.6 Å². The van der Waals surface area contributed by atoms with Gasteiger partial charge in [-0.1, -0.05) is 6.07 Å². The summed E-state index contributed by atoms with van der Waals surface area (Å²) in [4.78, 5) is 23.2. The quantitative estimate of drug-likeness (QED) is 0.644. The predicted molar refractivity (Wildman–Crippen MR) is 91.8 cm³/mol. The largest absolute Gasteiger partial charge is 0.403 e. The van der Waals surface area contributed by atoms with Crippen LogP contribution < -0.4 is 10.6 Å². The third-order valence-corrected chi connectivity index (χ3v) is 4.79. The van der Waals surface area contributed by atoms with E-state index in [0.717, 1.165) is 18.5 Å². The van der Waals surface area contributed by atoms with Crippen molar-refractivity contribution < 1.29 is 4.79 Å². The predicted octanol–water partition coefficient (Wildman–Crippen LogP) is 3.09. The Morgan fingerprint density at radius 1 is 1.36 bits per heavy atom. The molecule has 0 unspecified atom stereocenters. The third-order valence-electron chi connectivity index (χ3n) is 3.88. The highest BCUT2D eigenvalue weighted by atomic mass is 32.2. The van der Waals surface area contributed by atoms with Crippen LogP contribution in [0.5, 0.6) is 0 Å². The van der Waals surface area contributed by atoms with Crippen LogP contribution in [-0.2, 0) is 17.6 Å². The highest BCUT2D eigenvalue weighted by Gasteiger charge is 2.18. The van der Waals surface area contributed by atoms with Crippen LogP contribution in [-0.4, -0.2) is 17.5 Å². The molecule has 1 aliphatic rings. The van der Waals surface area contributed by atoms with E-state index >= 15 is 0 Å². The minimum atomic E-state index is -0.632. The van der Waals surface area contributed by atoms with Gasteiger partial charge in [0, 0.05) is 23.3 Å². The second kappa shape index (κ2) is 7.98. The number of nitrogens with two attached hydrogens (primary N) is 1. The Labute approximate surface area is 134 Å². The molecule has 0 aliphatic heterocycles. The van der Waals surface area contributed by atoms with Crippen molar-refractivity contribution in [3.8, 4) is 0 Å². The van der Waals surface area contributed by atoms with E-state index in [1.165, 1.54) is 47.5 Å². The van der Waals surface area contributed by atoms with E-state index in [1.807, 2.05) is 11.1 Å². The summed E-state index contributed by atoms with van der Waals surface area (Å²) in [5, 5.41) is 2.41. The zero-order chi connectivity index (χ0) is 15.9. The van der Waals surface area contributed by atoms with Crippen LogP contribution in [0.1, 0.15) is 29.5 Å². The Hall–Kier alpha value is -1.82. The second-order valence-corrected chi connectivity index (χ2v) is 6.29. The fourth-order valence-electron chi connectivity index (χ4n) is 2.85. The summed E-state index contributed by atoms with van der Waals surface area (Å²) in [7, 11) is 0. The summed E-state index contributed by atoms with van der Waals surface area (Å²) in [6, 6.07) is 4.25. The van der Waals surface area contributed by atoms with Crippen LogP contribution in [0.25, 0.3) is 0 Å². The first-order valence-electron chi connectivity index (χ1n) is 7.37. The molecule has 2 rings (SSSR count). The van der Waals surface area contributed by atoms with Crippen LogP contribution in [0.2, 0.25) is 0 Å². The summed E-state index contributed by atoms with van der Waals surface area (Å²) in [5.74, 6) is 0.0179. The first-order chi connectivity index (χ1) is 10.7. The lowest BCUT2D eigenvalue weighted by Gasteiger charge is -2.28. The smallest absolute Gasteiger partial charge is 0.296 e. The number of hydrogen-bond donors (Lipinski definition) is 1. The van der Waals surface area contributed by atoms with E-state index in [4.69, 9.17) is 5.73 Å². The molecule has 1 aliphatic carbocycles. The zero-order valence-corrected chi connectivity index (χ0v) is 13.6. The summed E-state index contributed by atoms with van der Waals surface area (Å²) in [6.45, 7) is 2.15. The van der Waals surface area contributed by atoms with Gasteiger partial charge in [0.1, 0.15) is 0 Å². The number of hydrogen-bond acceptors (Lipinski definition) is 5. The Bertz CT molecular complexity index is 587. The van der Waals surface area contributed by atoms with Gasteiger partial charge in [-0.05, 0) is 55.4 Å². The third kappa shape index (κ3) is 3.88. The minimum absolute atomic E-state index is 0.0897. The van der Waals surface area contributed by atoms with E-state index in [9.17, 15) is 9.70 Å². The standard InChI is InChI=1S/C16H21N3O2S/c1-12-6-7-15(14-5-3-2-4-13(12)14)19(9-8-17)11-22-10-16(20)18-21/h6-9H,2-5,10-11,17H2,1H3/b9-8-. The molecule has 0 aromatic heterocycles. The molecule has 0 atom stereocenters. The van der Waals surface area contributed by atoms with Crippen LogP contribution in [0.15, 0.2) is 29.7 Å². The molecule has 0 fully saturated rings. The number of anilines is 1. The van der Waals surface area contributed by atoms with E-state index < -0.39 is 5.91 Å². The summed E-state index contributed by atoms with van der Waals surface area (Å²) < 4.78 is 0. The molecule has 6 heteroatoms. The maximum atomic E-state index is 11.0. The van der Waals surface area contributed by atoms with Gasteiger partial charge in [-0.2, -0.15) is 0 Å². The maximum absolute atomic E-state index is 11.0. The zero-order valence-electron chi connectivity index (χ0n) is 12.7. The van der Waals surface area contributed by atoms with Crippen LogP contribution in [0, 0.1) is 11.8 Å². The maximum Gasteiger partial charge on any atom is 0.296 e. The molecule has 1 amide bonds. The first-order valence-corrected chi connectivity index (χ1v) is 8.53. The number of nitroso groups, excluding NO2 is 1. The average molecular weight is 319 g/mol. The number of thioether (sulfide) groups is 1. The number of carbonyl (C=O) groups is 1. The van der Waals surface area contributed by atoms with Crippen molar-refractivity contribution in [1.29, 1.82) is 0 Å². The van der Waals surface area contributed by atoms with Crippen LogP contribution in [0.3, 0.4) is 0 Å². The fraction of sp³-hybridized carbons (Fsp3) is 0.438. The Balaban J connectivity index is 2.21. The van der Waals surface area contributed by atoms with Gasteiger partial charge < -0.3 is 10.6 Å². The van der Waals surface area contributed by atoms with Crippen molar-refractivity contribution in [2.45, 2.75) is 32.6 Å². The SMILES string of the molecule is Cc1ccc(N(/C=C\N)CSCC(=O)N=O)c2c1CCCC2.